The summed E-state index contributed by atoms with van der Waals surface area (Å²) in [5.74, 6) is 0.778. The first kappa shape index (κ1) is 19.9. The number of carbonyl (C=O) groups excluding carboxylic acids is 1. The van der Waals surface area contributed by atoms with Crippen molar-refractivity contribution < 1.29 is 9.22 Å². The summed E-state index contributed by atoms with van der Waals surface area (Å²) in [6.45, 7) is 18.6. The van der Waals surface area contributed by atoms with Crippen LogP contribution < -0.4 is 0 Å². The quantitative estimate of drug-likeness (QED) is 0.460. The zero-order chi connectivity index (χ0) is 17.2. The van der Waals surface area contributed by atoms with Crippen molar-refractivity contribution in [3.63, 3.8) is 0 Å². The highest BCUT2D eigenvalue weighted by molar-refractivity contribution is 6.74. The molecule has 1 fully saturated rings. The Labute approximate surface area is 139 Å². The van der Waals surface area contributed by atoms with Crippen molar-refractivity contribution in [2.75, 3.05) is 0 Å². The normalized spacial score (nSPS) is 27.7. The highest BCUT2D eigenvalue weighted by atomic mass is 28.4. The van der Waals surface area contributed by atoms with E-state index in [-0.39, 0.29) is 10.6 Å². The van der Waals surface area contributed by atoms with Gasteiger partial charge in [0.05, 0.1) is 5.60 Å². The predicted octanol–water partition coefficient (Wildman–Crippen LogP) is 5.96. The van der Waals surface area contributed by atoms with E-state index in [1.165, 1.54) is 12.8 Å². The van der Waals surface area contributed by atoms with Crippen LogP contribution in [0.15, 0.2) is 0 Å². The monoisotopic (exact) mass is 326 g/mol. The van der Waals surface area contributed by atoms with Gasteiger partial charge in [-0.3, -0.25) is 0 Å². The summed E-state index contributed by atoms with van der Waals surface area (Å²) < 4.78 is 6.87. The van der Waals surface area contributed by atoms with Gasteiger partial charge in [-0.25, -0.2) is 0 Å². The average Bonchev–Trinajstić information content (AvgIpc) is 2.34. The van der Waals surface area contributed by atoms with Gasteiger partial charge < -0.3 is 9.22 Å². The maximum absolute atomic E-state index is 10.9. The molecule has 1 aliphatic carbocycles. The highest BCUT2D eigenvalue weighted by Gasteiger charge is 2.46. The van der Waals surface area contributed by atoms with Gasteiger partial charge in [-0.2, -0.15) is 0 Å². The van der Waals surface area contributed by atoms with E-state index in [0.29, 0.717) is 11.8 Å². The minimum absolute atomic E-state index is 0.0499. The third kappa shape index (κ3) is 4.92. The number of carbonyl (C=O) groups is 1. The first-order valence-electron chi connectivity index (χ1n) is 8.97. The molecular formula is C19H38O2Si. The molecule has 0 radical (unpaired) electrons. The Hall–Kier alpha value is -0.153. The van der Waals surface area contributed by atoms with Gasteiger partial charge >= 0.3 is 0 Å². The second-order valence-electron chi connectivity index (χ2n) is 9.89. The highest BCUT2D eigenvalue weighted by Crippen LogP contribution is 2.48. The van der Waals surface area contributed by atoms with Crippen molar-refractivity contribution in [1.82, 2.24) is 0 Å². The lowest BCUT2D eigenvalue weighted by atomic mass is 9.67. The van der Waals surface area contributed by atoms with Crippen LogP contribution in [0.4, 0.5) is 0 Å². The molecule has 2 nitrogen and oxygen atoms in total. The lowest BCUT2D eigenvalue weighted by Crippen LogP contribution is -2.51. The minimum atomic E-state index is -1.80. The molecule has 0 aromatic rings. The van der Waals surface area contributed by atoms with E-state index in [1.54, 1.807) is 0 Å². The van der Waals surface area contributed by atoms with Crippen LogP contribution in [0.1, 0.15) is 80.1 Å². The van der Waals surface area contributed by atoms with Gasteiger partial charge in [-0.05, 0) is 61.6 Å². The van der Waals surface area contributed by atoms with Crippen LogP contribution in [-0.2, 0) is 9.22 Å². The summed E-state index contributed by atoms with van der Waals surface area (Å²) in [7, 11) is -1.80. The SMILES string of the molecule is CC(C)(C)C1CCC(CCC=O)(O[Si](C)(C)C(C)(C)C)CC1. The van der Waals surface area contributed by atoms with Gasteiger partial charge in [0.2, 0.25) is 0 Å². The van der Waals surface area contributed by atoms with Crippen LogP contribution >= 0.6 is 0 Å². The predicted molar refractivity (Wildman–Crippen MR) is 97.7 cm³/mol. The van der Waals surface area contributed by atoms with E-state index >= 15 is 0 Å². The molecule has 0 saturated heterocycles. The Balaban J connectivity index is 2.88. The topological polar surface area (TPSA) is 26.3 Å². The third-order valence-corrected chi connectivity index (χ3v) is 10.7. The lowest BCUT2D eigenvalue weighted by molar-refractivity contribution is -0.109. The van der Waals surface area contributed by atoms with Crippen molar-refractivity contribution >= 4 is 14.6 Å². The van der Waals surface area contributed by atoms with Gasteiger partial charge in [-0.1, -0.05) is 41.5 Å². The Morgan fingerprint density at radius 1 is 1.09 bits per heavy atom. The van der Waals surface area contributed by atoms with E-state index in [9.17, 15) is 4.79 Å². The molecular weight excluding hydrogens is 288 g/mol. The molecule has 0 aromatic heterocycles. The first-order chi connectivity index (χ1) is 9.83. The van der Waals surface area contributed by atoms with E-state index in [0.717, 1.165) is 31.5 Å². The molecule has 130 valence electrons. The van der Waals surface area contributed by atoms with Crippen molar-refractivity contribution in [3.05, 3.63) is 0 Å². The lowest BCUT2D eigenvalue weighted by Gasteiger charge is -2.50. The Kier molecular flexibility index (Phi) is 6.11. The Morgan fingerprint density at radius 3 is 1.95 bits per heavy atom. The zero-order valence-corrected chi connectivity index (χ0v) is 17.2. The van der Waals surface area contributed by atoms with Gasteiger partial charge in [0.25, 0.3) is 0 Å². The first-order valence-corrected chi connectivity index (χ1v) is 11.9. The maximum Gasteiger partial charge on any atom is 0.192 e. The molecule has 1 aliphatic rings. The fourth-order valence-corrected chi connectivity index (χ4v) is 5.12. The fraction of sp³-hybridized carbons (Fsp3) is 0.947. The van der Waals surface area contributed by atoms with Crippen LogP contribution in [0.25, 0.3) is 0 Å². The largest absolute Gasteiger partial charge is 0.411 e. The fourth-order valence-electron chi connectivity index (χ4n) is 3.43. The van der Waals surface area contributed by atoms with Crippen LogP contribution in [0.5, 0.6) is 0 Å². The minimum Gasteiger partial charge on any atom is -0.411 e. The molecule has 1 saturated carbocycles. The molecule has 0 aliphatic heterocycles. The molecule has 0 heterocycles. The smallest absolute Gasteiger partial charge is 0.192 e. The van der Waals surface area contributed by atoms with Crippen LogP contribution in [0.3, 0.4) is 0 Å². The molecule has 0 amide bonds. The molecule has 0 spiro atoms. The van der Waals surface area contributed by atoms with E-state index < -0.39 is 8.32 Å². The van der Waals surface area contributed by atoms with Gasteiger partial charge in [0.1, 0.15) is 6.29 Å². The standard InChI is InChI=1S/C19H38O2Si/c1-17(2,3)16-10-13-19(14-11-16,12-9-15-20)21-22(7,8)18(4,5)6/h15-16H,9-14H2,1-8H3. The number of aldehydes is 1. The summed E-state index contributed by atoms with van der Waals surface area (Å²) in [6.07, 6.45) is 7.31. The van der Waals surface area contributed by atoms with Gasteiger partial charge in [0.15, 0.2) is 8.32 Å². The number of hydrogen-bond donors (Lipinski definition) is 0. The van der Waals surface area contributed by atoms with E-state index in [4.69, 9.17) is 4.43 Å². The second kappa shape index (κ2) is 6.76. The number of hydrogen-bond acceptors (Lipinski definition) is 2. The van der Waals surface area contributed by atoms with E-state index in [1.807, 2.05) is 0 Å². The molecule has 3 heteroatoms. The average molecular weight is 327 g/mol. The van der Waals surface area contributed by atoms with Crippen molar-refractivity contribution in [3.8, 4) is 0 Å². The third-order valence-electron chi connectivity index (χ3n) is 6.12. The summed E-state index contributed by atoms with van der Waals surface area (Å²) in [6, 6.07) is 0. The zero-order valence-electron chi connectivity index (χ0n) is 16.2. The second-order valence-corrected chi connectivity index (χ2v) is 14.6. The molecule has 0 atom stereocenters. The van der Waals surface area contributed by atoms with Crippen LogP contribution in [-0.4, -0.2) is 20.2 Å². The van der Waals surface area contributed by atoms with Gasteiger partial charge in [-0.15, -0.1) is 0 Å². The van der Waals surface area contributed by atoms with Crippen molar-refractivity contribution in [2.45, 2.75) is 104 Å². The van der Waals surface area contributed by atoms with Crippen molar-refractivity contribution in [1.29, 1.82) is 0 Å². The Morgan fingerprint density at radius 2 is 1.59 bits per heavy atom. The van der Waals surface area contributed by atoms with Crippen LogP contribution in [0.2, 0.25) is 18.1 Å². The molecule has 0 N–H and O–H groups in total. The maximum atomic E-state index is 10.9. The summed E-state index contributed by atoms with van der Waals surface area (Å²) >= 11 is 0. The van der Waals surface area contributed by atoms with Crippen molar-refractivity contribution in [2.24, 2.45) is 11.3 Å². The Bertz CT molecular complexity index is 366. The van der Waals surface area contributed by atoms with Crippen LogP contribution in [0, 0.1) is 11.3 Å². The number of rotatable bonds is 5. The van der Waals surface area contributed by atoms with E-state index in [2.05, 4.69) is 54.6 Å². The summed E-state index contributed by atoms with van der Waals surface area (Å²) in [4.78, 5) is 10.9. The molecule has 0 aromatic carbocycles. The molecule has 0 bridgehead atoms. The summed E-state index contributed by atoms with van der Waals surface area (Å²) in [5, 5.41) is 0.224. The molecule has 1 rings (SSSR count). The molecule has 0 unspecified atom stereocenters. The summed E-state index contributed by atoms with van der Waals surface area (Å²) in [5.41, 5.74) is 0.333. The molecule has 22 heavy (non-hydrogen) atoms. The van der Waals surface area contributed by atoms with Gasteiger partial charge in [0, 0.05) is 6.42 Å².